The van der Waals surface area contributed by atoms with Crippen molar-refractivity contribution in [3.63, 3.8) is 0 Å². The smallest absolute Gasteiger partial charge is 0.144 e. The Bertz CT molecular complexity index is 422. The molecule has 0 bridgehead atoms. The zero-order chi connectivity index (χ0) is 13.1. The van der Waals surface area contributed by atoms with Gasteiger partial charge in [-0.15, -0.1) is 0 Å². The molecule has 1 N–H and O–H groups in total. The van der Waals surface area contributed by atoms with E-state index in [2.05, 4.69) is 21.2 Å². The number of rotatable bonds is 6. The molecule has 1 aromatic carbocycles. The van der Waals surface area contributed by atoms with Crippen LogP contribution < -0.4 is 5.32 Å². The number of benzene rings is 1. The molecule has 0 aromatic heterocycles. The van der Waals surface area contributed by atoms with Crippen LogP contribution in [0.4, 0.5) is 8.78 Å². The van der Waals surface area contributed by atoms with Gasteiger partial charge in [0.25, 0.3) is 0 Å². The van der Waals surface area contributed by atoms with Crippen molar-refractivity contribution >= 4 is 15.9 Å². The average molecular weight is 319 g/mol. The molecule has 0 aliphatic heterocycles. The van der Waals surface area contributed by atoms with Gasteiger partial charge >= 0.3 is 0 Å². The van der Waals surface area contributed by atoms with Crippen molar-refractivity contribution in [3.05, 3.63) is 33.8 Å². The molecule has 1 aliphatic carbocycles. The predicted octanol–water partition coefficient (Wildman–Crippen LogP) is 2.91. The van der Waals surface area contributed by atoms with E-state index in [-0.39, 0.29) is 12.1 Å². The summed E-state index contributed by atoms with van der Waals surface area (Å²) in [6.07, 6.45) is 2.50. The molecular weight excluding hydrogens is 302 g/mol. The normalized spacial score (nSPS) is 15.4. The fourth-order valence-electron chi connectivity index (χ4n) is 1.81. The molecule has 0 heterocycles. The molecular formula is C13H17BrF2N2. The van der Waals surface area contributed by atoms with E-state index in [1.165, 1.54) is 25.0 Å². The first-order chi connectivity index (χ1) is 8.58. The minimum atomic E-state index is -0.503. The Morgan fingerprint density at radius 1 is 1.39 bits per heavy atom. The molecule has 0 amide bonds. The van der Waals surface area contributed by atoms with Gasteiger partial charge in [0.2, 0.25) is 0 Å². The van der Waals surface area contributed by atoms with Gasteiger partial charge in [-0.05, 0) is 48.0 Å². The largest absolute Gasteiger partial charge is 0.313 e. The molecule has 1 saturated carbocycles. The lowest BCUT2D eigenvalue weighted by Crippen LogP contribution is -2.30. The SMILES string of the molecule is CN(CCNC1CC1)Cc1c(F)ccc(Br)c1F. The van der Waals surface area contributed by atoms with Crippen LogP contribution in [0.2, 0.25) is 0 Å². The molecule has 0 atom stereocenters. The van der Waals surface area contributed by atoms with Gasteiger partial charge < -0.3 is 10.2 Å². The quantitative estimate of drug-likeness (QED) is 0.811. The van der Waals surface area contributed by atoms with Gasteiger partial charge in [0.05, 0.1) is 4.47 Å². The van der Waals surface area contributed by atoms with E-state index in [0.29, 0.717) is 10.5 Å². The first kappa shape index (κ1) is 13.9. The van der Waals surface area contributed by atoms with Gasteiger partial charge in [0.1, 0.15) is 11.6 Å². The molecule has 5 heteroatoms. The first-order valence-electron chi connectivity index (χ1n) is 6.12. The van der Waals surface area contributed by atoms with Crippen LogP contribution in [0.25, 0.3) is 0 Å². The van der Waals surface area contributed by atoms with Gasteiger partial charge in [0, 0.05) is 31.2 Å². The van der Waals surface area contributed by atoms with Crippen LogP contribution in [0.15, 0.2) is 16.6 Å². The summed E-state index contributed by atoms with van der Waals surface area (Å²) in [5.41, 5.74) is 0.123. The second kappa shape index (κ2) is 6.08. The highest BCUT2D eigenvalue weighted by Crippen LogP contribution is 2.22. The molecule has 2 rings (SSSR count). The van der Waals surface area contributed by atoms with Gasteiger partial charge in [-0.3, -0.25) is 0 Å². The van der Waals surface area contributed by atoms with E-state index in [0.717, 1.165) is 13.1 Å². The van der Waals surface area contributed by atoms with E-state index in [1.54, 1.807) is 0 Å². The predicted molar refractivity (Wildman–Crippen MR) is 71.4 cm³/mol. The van der Waals surface area contributed by atoms with Crippen molar-refractivity contribution in [2.75, 3.05) is 20.1 Å². The Morgan fingerprint density at radius 3 is 2.78 bits per heavy atom. The Morgan fingerprint density at radius 2 is 2.11 bits per heavy atom. The number of hydrogen-bond donors (Lipinski definition) is 1. The Balaban J connectivity index is 1.88. The molecule has 1 aromatic rings. The molecule has 1 fully saturated rings. The van der Waals surface area contributed by atoms with Gasteiger partial charge in [-0.25, -0.2) is 8.78 Å². The molecule has 1 aliphatic rings. The van der Waals surface area contributed by atoms with Crippen molar-refractivity contribution < 1.29 is 8.78 Å². The van der Waals surface area contributed by atoms with Crippen LogP contribution in [0.1, 0.15) is 18.4 Å². The molecule has 18 heavy (non-hydrogen) atoms. The van der Waals surface area contributed by atoms with Gasteiger partial charge in [-0.1, -0.05) is 0 Å². The van der Waals surface area contributed by atoms with Crippen LogP contribution >= 0.6 is 15.9 Å². The van der Waals surface area contributed by atoms with Gasteiger partial charge in [0.15, 0.2) is 0 Å². The molecule has 2 nitrogen and oxygen atoms in total. The molecule has 0 saturated heterocycles. The van der Waals surface area contributed by atoms with Crippen LogP contribution in [0.3, 0.4) is 0 Å². The zero-order valence-corrected chi connectivity index (χ0v) is 11.9. The number of nitrogens with zero attached hydrogens (tertiary/aromatic N) is 1. The van der Waals surface area contributed by atoms with E-state index < -0.39 is 11.6 Å². The first-order valence-corrected chi connectivity index (χ1v) is 6.91. The summed E-state index contributed by atoms with van der Waals surface area (Å²) in [6.45, 7) is 1.92. The van der Waals surface area contributed by atoms with Crippen molar-refractivity contribution in [1.82, 2.24) is 10.2 Å². The molecule has 100 valence electrons. The third-order valence-corrected chi connectivity index (χ3v) is 3.68. The minimum absolute atomic E-state index is 0.123. The number of halogens is 3. The highest BCUT2D eigenvalue weighted by Gasteiger charge is 2.20. The monoisotopic (exact) mass is 318 g/mol. The maximum absolute atomic E-state index is 13.8. The van der Waals surface area contributed by atoms with E-state index in [4.69, 9.17) is 0 Å². The Hall–Kier alpha value is -0.520. The third-order valence-electron chi connectivity index (χ3n) is 3.07. The van der Waals surface area contributed by atoms with E-state index >= 15 is 0 Å². The van der Waals surface area contributed by atoms with Crippen LogP contribution in [-0.2, 0) is 6.54 Å². The van der Waals surface area contributed by atoms with Crippen molar-refractivity contribution in [1.29, 1.82) is 0 Å². The lowest BCUT2D eigenvalue weighted by Gasteiger charge is -2.18. The maximum atomic E-state index is 13.8. The van der Waals surface area contributed by atoms with Crippen molar-refractivity contribution in [2.45, 2.75) is 25.4 Å². The van der Waals surface area contributed by atoms with Crippen LogP contribution in [-0.4, -0.2) is 31.1 Å². The second-order valence-electron chi connectivity index (χ2n) is 4.79. The number of nitrogens with one attached hydrogen (secondary N) is 1. The summed E-state index contributed by atoms with van der Waals surface area (Å²) in [5, 5.41) is 3.38. The van der Waals surface area contributed by atoms with Crippen molar-refractivity contribution in [2.24, 2.45) is 0 Å². The Labute approximate surface area is 114 Å². The summed E-state index contributed by atoms with van der Waals surface area (Å²) >= 11 is 3.08. The topological polar surface area (TPSA) is 15.3 Å². The average Bonchev–Trinajstić information content (AvgIpc) is 3.14. The van der Waals surface area contributed by atoms with E-state index in [9.17, 15) is 8.78 Å². The lowest BCUT2D eigenvalue weighted by atomic mass is 10.2. The van der Waals surface area contributed by atoms with Crippen LogP contribution in [0.5, 0.6) is 0 Å². The minimum Gasteiger partial charge on any atom is -0.313 e. The second-order valence-corrected chi connectivity index (χ2v) is 5.64. The number of likely N-dealkylation sites (N-methyl/N-ethyl adjacent to an activating group) is 1. The highest BCUT2D eigenvalue weighted by molar-refractivity contribution is 9.10. The third kappa shape index (κ3) is 3.73. The number of hydrogen-bond acceptors (Lipinski definition) is 2. The van der Waals surface area contributed by atoms with Crippen LogP contribution in [0, 0.1) is 11.6 Å². The summed E-state index contributed by atoms with van der Waals surface area (Å²) in [6, 6.07) is 3.35. The molecule has 0 spiro atoms. The molecule has 0 radical (unpaired) electrons. The standard InChI is InChI=1S/C13H17BrF2N2/c1-18(7-6-17-9-2-3-9)8-10-12(15)5-4-11(14)13(10)16/h4-5,9,17H,2-3,6-8H2,1H3. The van der Waals surface area contributed by atoms with Gasteiger partial charge in [-0.2, -0.15) is 0 Å². The summed E-state index contributed by atoms with van der Waals surface area (Å²) in [7, 11) is 1.87. The Kier molecular flexibility index (Phi) is 4.70. The van der Waals surface area contributed by atoms with E-state index in [1.807, 2.05) is 11.9 Å². The lowest BCUT2D eigenvalue weighted by molar-refractivity contribution is 0.312. The maximum Gasteiger partial charge on any atom is 0.144 e. The summed E-state index contributed by atoms with van der Waals surface area (Å²) < 4.78 is 27.6. The zero-order valence-electron chi connectivity index (χ0n) is 10.3. The van der Waals surface area contributed by atoms with Crippen molar-refractivity contribution in [3.8, 4) is 0 Å². The summed E-state index contributed by atoms with van der Waals surface area (Å²) in [5.74, 6) is -0.991. The highest BCUT2D eigenvalue weighted by atomic mass is 79.9. The fraction of sp³-hybridized carbons (Fsp3) is 0.538. The fourth-order valence-corrected chi connectivity index (χ4v) is 2.18. The molecule has 0 unspecified atom stereocenters. The summed E-state index contributed by atoms with van der Waals surface area (Å²) in [4.78, 5) is 1.92.